The van der Waals surface area contributed by atoms with Crippen LogP contribution in [0.25, 0.3) is 21.0 Å². The summed E-state index contributed by atoms with van der Waals surface area (Å²) in [6.07, 6.45) is 2.32. The maximum Gasteiger partial charge on any atom is 0.261 e. The Hall–Kier alpha value is -2.99. The summed E-state index contributed by atoms with van der Waals surface area (Å²) in [5.41, 5.74) is 2.90. The van der Waals surface area contributed by atoms with Crippen molar-refractivity contribution >= 4 is 38.2 Å². The van der Waals surface area contributed by atoms with Crippen molar-refractivity contribution in [1.29, 1.82) is 0 Å². The molecule has 6 heteroatoms. The van der Waals surface area contributed by atoms with E-state index in [4.69, 9.17) is 14.7 Å². The van der Waals surface area contributed by atoms with E-state index >= 15 is 0 Å². The van der Waals surface area contributed by atoms with Gasteiger partial charge in [0.2, 0.25) is 0 Å². The molecule has 0 saturated heterocycles. The van der Waals surface area contributed by atoms with Gasteiger partial charge in [-0.1, -0.05) is 30.3 Å². The Balaban J connectivity index is 1.46. The lowest BCUT2D eigenvalue weighted by atomic mass is 10.0. The first-order valence-corrected chi connectivity index (χ1v) is 11.0. The predicted molar refractivity (Wildman–Crippen MR) is 121 cm³/mol. The molecule has 1 saturated carbocycles. The molecule has 1 aliphatic rings. The highest BCUT2D eigenvalue weighted by molar-refractivity contribution is 7.20. The second-order valence-electron chi connectivity index (χ2n) is 7.83. The number of nitrogens with zero attached hydrogens (tertiary/aromatic N) is 2. The van der Waals surface area contributed by atoms with Crippen LogP contribution in [0.4, 0.5) is 0 Å². The van der Waals surface area contributed by atoms with Gasteiger partial charge in [0.05, 0.1) is 17.7 Å². The first kappa shape index (κ1) is 19.0. The minimum absolute atomic E-state index is 0.0853. The monoisotopic (exact) mass is 417 g/mol. The van der Waals surface area contributed by atoms with Gasteiger partial charge in [0.15, 0.2) is 0 Å². The van der Waals surface area contributed by atoms with Gasteiger partial charge < -0.3 is 10.1 Å². The fourth-order valence-electron chi connectivity index (χ4n) is 4.04. The number of rotatable bonds is 5. The first-order valence-electron chi connectivity index (χ1n) is 10.2. The van der Waals surface area contributed by atoms with Crippen LogP contribution in [0.5, 0.6) is 5.75 Å². The molecule has 5 rings (SSSR count). The number of thiophene rings is 1. The Morgan fingerprint density at radius 3 is 2.73 bits per heavy atom. The van der Waals surface area contributed by atoms with E-state index in [0.29, 0.717) is 17.3 Å². The molecule has 30 heavy (non-hydrogen) atoms. The van der Waals surface area contributed by atoms with Crippen LogP contribution < -0.4 is 10.1 Å². The van der Waals surface area contributed by atoms with Crippen molar-refractivity contribution < 1.29 is 9.53 Å². The van der Waals surface area contributed by atoms with E-state index in [1.165, 1.54) is 11.3 Å². The van der Waals surface area contributed by atoms with E-state index in [2.05, 4.69) is 17.4 Å². The Labute approximate surface area is 179 Å². The zero-order chi connectivity index (χ0) is 20.8. The van der Waals surface area contributed by atoms with Crippen LogP contribution in [-0.2, 0) is 6.54 Å². The van der Waals surface area contributed by atoms with Crippen molar-refractivity contribution in [3.8, 4) is 5.75 Å². The number of hydrogen-bond donors (Lipinski definition) is 1. The molecule has 152 valence electrons. The topological polar surface area (TPSA) is 64.1 Å². The van der Waals surface area contributed by atoms with E-state index in [9.17, 15) is 4.79 Å². The average Bonchev–Trinajstić information content (AvgIpc) is 3.55. The maximum absolute atomic E-state index is 13.1. The molecule has 1 aliphatic carbocycles. The number of amides is 1. The summed E-state index contributed by atoms with van der Waals surface area (Å²) in [4.78, 5) is 24.2. The van der Waals surface area contributed by atoms with Gasteiger partial charge in [0.25, 0.3) is 5.91 Å². The van der Waals surface area contributed by atoms with E-state index in [-0.39, 0.29) is 5.91 Å². The number of aromatic nitrogens is 2. The summed E-state index contributed by atoms with van der Waals surface area (Å²) in [6, 6.07) is 12.1. The van der Waals surface area contributed by atoms with Crippen molar-refractivity contribution in [2.75, 3.05) is 7.11 Å². The van der Waals surface area contributed by atoms with Crippen molar-refractivity contribution in [2.24, 2.45) is 0 Å². The first-order chi connectivity index (χ1) is 14.6. The Bertz CT molecular complexity index is 1290. The van der Waals surface area contributed by atoms with Crippen LogP contribution in [-0.4, -0.2) is 23.0 Å². The molecular formula is C24H23N3O2S. The van der Waals surface area contributed by atoms with Gasteiger partial charge in [0, 0.05) is 23.4 Å². The molecule has 0 unspecified atom stereocenters. The van der Waals surface area contributed by atoms with Crippen LogP contribution in [0.2, 0.25) is 0 Å². The third-order valence-corrected chi connectivity index (χ3v) is 6.96. The lowest BCUT2D eigenvalue weighted by Crippen LogP contribution is -2.23. The lowest BCUT2D eigenvalue weighted by molar-refractivity contribution is 0.0954. The maximum atomic E-state index is 13.1. The third kappa shape index (κ3) is 3.21. The van der Waals surface area contributed by atoms with Crippen LogP contribution in [0.1, 0.15) is 51.1 Å². The third-order valence-electron chi connectivity index (χ3n) is 5.78. The number of aryl methyl sites for hydroxylation is 2. The molecule has 4 aromatic rings. The zero-order valence-corrected chi connectivity index (χ0v) is 18.1. The fourth-order valence-corrected chi connectivity index (χ4v) is 5.19. The largest absolute Gasteiger partial charge is 0.496 e. The van der Waals surface area contributed by atoms with E-state index < -0.39 is 0 Å². The normalized spacial score (nSPS) is 13.7. The summed E-state index contributed by atoms with van der Waals surface area (Å²) in [5.74, 6) is 2.11. The van der Waals surface area contributed by atoms with Crippen LogP contribution in [0.3, 0.4) is 0 Å². The van der Waals surface area contributed by atoms with E-state index in [1.54, 1.807) is 7.11 Å². The Morgan fingerprint density at radius 2 is 1.97 bits per heavy atom. The van der Waals surface area contributed by atoms with Gasteiger partial charge in [0.1, 0.15) is 16.4 Å². The molecule has 1 amide bonds. The molecule has 2 aromatic heterocycles. The smallest absolute Gasteiger partial charge is 0.261 e. The molecule has 0 aliphatic heterocycles. The van der Waals surface area contributed by atoms with Crippen molar-refractivity contribution in [3.63, 3.8) is 0 Å². The highest BCUT2D eigenvalue weighted by Gasteiger charge is 2.28. The number of benzene rings is 2. The van der Waals surface area contributed by atoms with Crippen molar-refractivity contribution in [1.82, 2.24) is 15.3 Å². The number of ether oxygens (including phenoxy) is 1. The number of methoxy groups -OCH3 is 1. The zero-order valence-electron chi connectivity index (χ0n) is 17.3. The molecule has 0 radical (unpaired) electrons. The number of hydrogen-bond acceptors (Lipinski definition) is 5. The van der Waals surface area contributed by atoms with Crippen molar-refractivity contribution in [3.05, 3.63) is 63.9 Å². The summed E-state index contributed by atoms with van der Waals surface area (Å²) in [7, 11) is 1.66. The van der Waals surface area contributed by atoms with Gasteiger partial charge in [-0.15, -0.1) is 11.3 Å². The van der Waals surface area contributed by atoms with Crippen LogP contribution in [0, 0.1) is 13.8 Å². The van der Waals surface area contributed by atoms with Crippen molar-refractivity contribution in [2.45, 2.75) is 39.2 Å². The van der Waals surface area contributed by atoms with Gasteiger partial charge in [-0.25, -0.2) is 9.97 Å². The highest BCUT2D eigenvalue weighted by Crippen LogP contribution is 2.40. The predicted octanol–water partition coefficient (Wildman–Crippen LogP) is 5.28. The average molecular weight is 418 g/mol. The number of carbonyl (C=O) groups excluding carboxylic acids is 1. The van der Waals surface area contributed by atoms with Gasteiger partial charge in [-0.05, 0) is 49.1 Å². The second-order valence-corrected chi connectivity index (χ2v) is 8.83. The molecular weight excluding hydrogens is 394 g/mol. The summed E-state index contributed by atoms with van der Waals surface area (Å²) in [5, 5.41) is 6.32. The minimum Gasteiger partial charge on any atom is -0.496 e. The Morgan fingerprint density at radius 1 is 1.17 bits per heavy atom. The standard InChI is InChI=1S/C24H23N3O2S/c1-13-20-14(2)26-22(16-8-9-16)27-24(20)30-21(13)23(28)25-12-18-17-7-5-4-6-15(17)10-11-19(18)29-3/h4-7,10-11,16H,8-9,12H2,1-3H3,(H,25,28). The fraction of sp³-hybridized carbons (Fsp3) is 0.292. The van der Waals surface area contributed by atoms with Crippen LogP contribution >= 0.6 is 11.3 Å². The molecule has 0 atom stereocenters. The summed E-state index contributed by atoms with van der Waals surface area (Å²) < 4.78 is 5.55. The minimum atomic E-state index is -0.0853. The van der Waals surface area contributed by atoms with E-state index in [1.807, 2.05) is 38.1 Å². The quantitative estimate of drug-likeness (QED) is 0.480. The summed E-state index contributed by atoms with van der Waals surface area (Å²) >= 11 is 1.46. The molecule has 2 aromatic carbocycles. The SMILES string of the molecule is COc1ccc2ccccc2c1CNC(=O)c1sc2nc(C3CC3)nc(C)c2c1C. The molecule has 2 heterocycles. The van der Waals surface area contributed by atoms with Gasteiger partial charge in [-0.2, -0.15) is 0 Å². The lowest BCUT2D eigenvalue weighted by Gasteiger charge is -2.13. The molecule has 1 N–H and O–H groups in total. The second kappa shape index (κ2) is 7.36. The number of fused-ring (bicyclic) bond motifs is 2. The molecule has 1 fully saturated rings. The molecule has 5 nitrogen and oxygen atoms in total. The number of carbonyl (C=O) groups is 1. The van der Waals surface area contributed by atoms with E-state index in [0.717, 1.165) is 62.2 Å². The van der Waals surface area contributed by atoms with Crippen LogP contribution in [0.15, 0.2) is 36.4 Å². The molecule has 0 bridgehead atoms. The van der Waals surface area contributed by atoms with Gasteiger partial charge >= 0.3 is 0 Å². The summed E-state index contributed by atoms with van der Waals surface area (Å²) in [6.45, 7) is 4.40. The van der Waals surface area contributed by atoms with Gasteiger partial charge in [-0.3, -0.25) is 4.79 Å². The molecule has 0 spiro atoms. The highest BCUT2D eigenvalue weighted by atomic mass is 32.1. The Kier molecular flexibility index (Phi) is 4.66. The number of nitrogens with one attached hydrogen (secondary N) is 1.